The van der Waals surface area contributed by atoms with E-state index in [1.54, 1.807) is 0 Å². The zero-order chi connectivity index (χ0) is 19.1. The number of piperidine rings is 2. The number of carbonyl (C=O) groups is 1. The van der Waals surface area contributed by atoms with Crippen LogP contribution in [0.25, 0.3) is 0 Å². The monoisotopic (exact) mass is 378 g/mol. The first kappa shape index (κ1) is 21.1. The Hall–Kier alpha value is -0.650. The third kappa shape index (κ3) is 6.16. The van der Waals surface area contributed by atoms with Crippen molar-refractivity contribution in [3.05, 3.63) is 0 Å². The van der Waals surface area contributed by atoms with Crippen molar-refractivity contribution in [3.63, 3.8) is 0 Å². The molecule has 0 aromatic carbocycles. The first-order valence-corrected chi connectivity index (χ1v) is 11.6. The smallest absolute Gasteiger partial charge is 0.236 e. The molecule has 3 heterocycles. The van der Waals surface area contributed by atoms with E-state index in [-0.39, 0.29) is 0 Å². The first-order valence-electron chi connectivity index (χ1n) is 11.6. The van der Waals surface area contributed by atoms with Crippen LogP contribution in [0, 0.1) is 5.92 Å². The molecular weight excluding hydrogens is 336 g/mol. The Bertz CT molecular complexity index is 438. The first-order chi connectivity index (χ1) is 13.2. The summed E-state index contributed by atoms with van der Waals surface area (Å²) in [5.74, 6) is 1.25. The molecule has 1 unspecified atom stereocenters. The highest BCUT2D eigenvalue weighted by Crippen LogP contribution is 2.21. The third-order valence-electron chi connectivity index (χ3n) is 7.26. The summed E-state index contributed by atoms with van der Waals surface area (Å²) in [5.41, 5.74) is 0. The van der Waals surface area contributed by atoms with Crippen LogP contribution in [0.4, 0.5) is 0 Å². The number of hydrogen-bond donors (Lipinski definition) is 1. The van der Waals surface area contributed by atoms with E-state index in [4.69, 9.17) is 0 Å². The molecule has 3 rings (SSSR count). The fraction of sp³-hybridized carbons (Fsp3) is 0.955. The Labute approximate surface area is 166 Å². The van der Waals surface area contributed by atoms with Gasteiger partial charge in [-0.05, 0) is 97.1 Å². The van der Waals surface area contributed by atoms with Gasteiger partial charge >= 0.3 is 0 Å². The molecule has 156 valence electrons. The second kappa shape index (κ2) is 10.8. The second-order valence-electron chi connectivity index (χ2n) is 9.08. The molecule has 5 nitrogen and oxygen atoms in total. The van der Waals surface area contributed by atoms with Crippen LogP contribution in [0.15, 0.2) is 0 Å². The molecule has 1 amide bonds. The van der Waals surface area contributed by atoms with E-state index in [9.17, 15) is 4.79 Å². The van der Waals surface area contributed by atoms with E-state index in [0.717, 1.165) is 57.9 Å². The van der Waals surface area contributed by atoms with Gasteiger partial charge in [-0.15, -0.1) is 0 Å². The third-order valence-corrected chi connectivity index (χ3v) is 7.26. The molecular formula is C22H42N4O. The number of hydrogen-bond acceptors (Lipinski definition) is 4. The van der Waals surface area contributed by atoms with E-state index in [1.807, 2.05) is 0 Å². The van der Waals surface area contributed by atoms with Gasteiger partial charge in [0.25, 0.3) is 0 Å². The molecule has 3 fully saturated rings. The minimum atomic E-state index is 0.380. The lowest BCUT2D eigenvalue weighted by molar-refractivity contribution is -0.136. The Morgan fingerprint density at radius 1 is 1.07 bits per heavy atom. The summed E-state index contributed by atoms with van der Waals surface area (Å²) in [4.78, 5) is 20.5. The molecule has 0 spiro atoms. The maximum absolute atomic E-state index is 13.2. The number of likely N-dealkylation sites (tertiary alicyclic amines) is 2. The molecule has 3 saturated heterocycles. The predicted molar refractivity (Wildman–Crippen MR) is 112 cm³/mol. The average molecular weight is 379 g/mol. The number of amides is 1. The minimum Gasteiger partial charge on any atom is -0.338 e. The number of rotatable bonds is 8. The molecule has 0 aromatic heterocycles. The SMILES string of the molecule is CCC1CCN(CC(=O)N(CCC(C)N2CCCC2)C2CCNCC2)CC1. The van der Waals surface area contributed by atoms with E-state index >= 15 is 0 Å². The van der Waals surface area contributed by atoms with Gasteiger partial charge in [0.2, 0.25) is 5.91 Å². The predicted octanol–water partition coefficient (Wildman–Crippen LogP) is 2.56. The molecule has 0 aliphatic carbocycles. The summed E-state index contributed by atoms with van der Waals surface area (Å²) < 4.78 is 0. The molecule has 0 radical (unpaired) electrons. The van der Waals surface area contributed by atoms with Crippen LogP contribution >= 0.6 is 0 Å². The average Bonchev–Trinajstić information content (AvgIpc) is 3.24. The van der Waals surface area contributed by atoms with Crippen LogP contribution in [0.5, 0.6) is 0 Å². The molecule has 5 heteroatoms. The topological polar surface area (TPSA) is 38.8 Å². The molecule has 3 aliphatic rings. The van der Waals surface area contributed by atoms with Gasteiger partial charge in [-0.1, -0.05) is 13.3 Å². The van der Waals surface area contributed by atoms with E-state index in [2.05, 4.69) is 33.9 Å². The molecule has 0 bridgehead atoms. The second-order valence-corrected chi connectivity index (χ2v) is 9.08. The van der Waals surface area contributed by atoms with Crippen LogP contribution in [0.1, 0.15) is 65.2 Å². The Morgan fingerprint density at radius 3 is 2.37 bits per heavy atom. The highest BCUT2D eigenvalue weighted by molar-refractivity contribution is 5.78. The standard InChI is InChI=1S/C22H42N4O/c1-3-20-9-15-24(16-10-20)18-22(27)26(21-6-11-23-12-7-21)17-8-19(2)25-13-4-5-14-25/h19-21,23H,3-18H2,1-2H3. The van der Waals surface area contributed by atoms with Gasteiger partial charge < -0.3 is 15.1 Å². The van der Waals surface area contributed by atoms with Gasteiger partial charge in [-0.25, -0.2) is 0 Å². The van der Waals surface area contributed by atoms with E-state index in [1.165, 1.54) is 45.2 Å². The lowest BCUT2D eigenvalue weighted by Crippen LogP contribution is -2.51. The molecule has 1 atom stereocenters. The fourth-order valence-electron chi connectivity index (χ4n) is 5.16. The van der Waals surface area contributed by atoms with Gasteiger partial charge in [0.05, 0.1) is 6.54 Å². The Kier molecular flexibility index (Phi) is 8.41. The summed E-state index contributed by atoms with van der Waals surface area (Å²) in [6, 6.07) is 1.04. The van der Waals surface area contributed by atoms with Gasteiger partial charge in [-0.2, -0.15) is 0 Å². The van der Waals surface area contributed by atoms with E-state index < -0.39 is 0 Å². The van der Waals surface area contributed by atoms with Crippen LogP contribution in [0.3, 0.4) is 0 Å². The molecule has 27 heavy (non-hydrogen) atoms. The maximum Gasteiger partial charge on any atom is 0.236 e. The molecule has 0 aromatic rings. The zero-order valence-corrected chi connectivity index (χ0v) is 17.8. The van der Waals surface area contributed by atoms with Crippen molar-refractivity contribution < 1.29 is 4.79 Å². The van der Waals surface area contributed by atoms with Gasteiger partial charge in [0.15, 0.2) is 0 Å². The van der Waals surface area contributed by atoms with Crippen molar-refractivity contribution in [2.45, 2.75) is 77.3 Å². The molecule has 3 aliphatic heterocycles. The minimum absolute atomic E-state index is 0.380. The quantitative estimate of drug-likeness (QED) is 0.705. The van der Waals surface area contributed by atoms with Crippen molar-refractivity contribution in [2.75, 3.05) is 52.4 Å². The summed E-state index contributed by atoms with van der Waals surface area (Å²) in [7, 11) is 0. The van der Waals surface area contributed by atoms with E-state index in [0.29, 0.717) is 24.5 Å². The summed E-state index contributed by atoms with van der Waals surface area (Å²) in [5, 5.41) is 3.45. The van der Waals surface area contributed by atoms with Crippen LogP contribution < -0.4 is 5.32 Å². The normalized spacial score (nSPS) is 25.0. The number of nitrogens with zero attached hydrogens (tertiary/aromatic N) is 3. The summed E-state index contributed by atoms with van der Waals surface area (Å²) in [6.07, 6.45) is 9.85. The van der Waals surface area contributed by atoms with Gasteiger partial charge in [0, 0.05) is 18.6 Å². The van der Waals surface area contributed by atoms with Gasteiger partial charge in [-0.3, -0.25) is 9.69 Å². The van der Waals surface area contributed by atoms with Crippen LogP contribution in [-0.4, -0.2) is 85.0 Å². The zero-order valence-electron chi connectivity index (χ0n) is 17.8. The summed E-state index contributed by atoms with van der Waals surface area (Å²) >= 11 is 0. The van der Waals surface area contributed by atoms with Crippen molar-refractivity contribution in [3.8, 4) is 0 Å². The Morgan fingerprint density at radius 2 is 1.74 bits per heavy atom. The van der Waals surface area contributed by atoms with Crippen LogP contribution in [0.2, 0.25) is 0 Å². The number of carbonyl (C=O) groups excluding carboxylic acids is 1. The van der Waals surface area contributed by atoms with Crippen LogP contribution in [-0.2, 0) is 4.79 Å². The van der Waals surface area contributed by atoms with Crippen molar-refractivity contribution in [1.82, 2.24) is 20.0 Å². The highest BCUT2D eigenvalue weighted by atomic mass is 16.2. The summed E-state index contributed by atoms with van der Waals surface area (Å²) in [6.45, 7) is 13.0. The lowest BCUT2D eigenvalue weighted by atomic mass is 9.94. The largest absolute Gasteiger partial charge is 0.338 e. The lowest BCUT2D eigenvalue weighted by Gasteiger charge is -2.38. The van der Waals surface area contributed by atoms with Crippen molar-refractivity contribution in [1.29, 1.82) is 0 Å². The van der Waals surface area contributed by atoms with Crippen molar-refractivity contribution in [2.24, 2.45) is 5.92 Å². The molecule has 0 saturated carbocycles. The highest BCUT2D eigenvalue weighted by Gasteiger charge is 2.29. The molecule has 1 N–H and O–H groups in total. The Balaban J connectivity index is 1.52. The van der Waals surface area contributed by atoms with Crippen molar-refractivity contribution >= 4 is 5.91 Å². The van der Waals surface area contributed by atoms with Gasteiger partial charge in [0.1, 0.15) is 0 Å². The maximum atomic E-state index is 13.2. The fourth-order valence-corrected chi connectivity index (χ4v) is 5.16. The number of nitrogens with one attached hydrogen (secondary N) is 1.